The van der Waals surface area contributed by atoms with Crippen molar-refractivity contribution in [3.63, 3.8) is 0 Å². The quantitative estimate of drug-likeness (QED) is 0.566. The third-order valence-corrected chi connectivity index (χ3v) is 6.24. The number of ether oxygens (including phenoxy) is 1. The summed E-state index contributed by atoms with van der Waals surface area (Å²) in [5.74, 6) is -0.644. The third kappa shape index (κ3) is 7.65. The van der Waals surface area contributed by atoms with E-state index in [1.54, 1.807) is 0 Å². The fraction of sp³-hybridized carbons (Fsp3) is 0.368. The Hall–Kier alpha value is -2.61. The van der Waals surface area contributed by atoms with E-state index in [2.05, 4.69) is 18.5 Å². The minimum atomic E-state index is -3.34. The molecule has 1 saturated heterocycles. The molecule has 148 valence electrons. The summed E-state index contributed by atoms with van der Waals surface area (Å²) in [5.41, 5.74) is 1.40. The number of sulfone groups is 1. The molecule has 1 amide bonds. The lowest BCUT2D eigenvalue weighted by atomic mass is 10.1. The summed E-state index contributed by atoms with van der Waals surface area (Å²) >= 11 is 0. The van der Waals surface area contributed by atoms with Gasteiger partial charge < -0.3 is 15.2 Å². The lowest BCUT2D eigenvalue weighted by Gasteiger charge is -2.18. The van der Waals surface area contributed by atoms with Gasteiger partial charge in [0.15, 0.2) is 9.84 Å². The summed E-state index contributed by atoms with van der Waals surface area (Å²) in [4.78, 5) is 21.7. The van der Waals surface area contributed by atoms with Gasteiger partial charge in [0, 0.05) is 12.0 Å². The van der Waals surface area contributed by atoms with E-state index in [0.29, 0.717) is 0 Å². The second kappa shape index (κ2) is 10.5. The van der Waals surface area contributed by atoms with Gasteiger partial charge in [0.05, 0.1) is 23.7 Å². The molecule has 1 aromatic carbocycles. The highest BCUT2D eigenvalue weighted by Gasteiger charge is 2.40. The average Bonchev–Trinajstić information content (AvgIpc) is 2.90. The second-order valence-corrected chi connectivity index (χ2v) is 8.41. The monoisotopic (exact) mass is 395 g/mol. The Morgan fingerprint density at radius 1 is 1.33 bits per heavy atom. The molecule has 27 heavy (non-hydrogen) atoms. The van der Waals surface area contributed by atoms with Crippen LogP contribution in [0.4, 0.5) is 4.79 Å². The summed E-state index contributed by atoms with van der Waals surface area (Å²) in [6, 6.07) is 9.38. The van der Waals surface area contributed by atoms with Crippen molar-refractivity contribution < 1.29 is 27.9 Å². The van der Waals surface area contributed by atoms with E-state index in [0.717, 1.165) is 0 Å². The molecule has 1 fully saturated rings. The summed E-state index contributed by atoms with van der Waals surface area (Å²) in [6.45, 7) is 8.45. The Bertz CT molecular complexity index is 773. The van der Waals surface area contributed by atoms with E-state index in [1.165, 1.54) is 12.5 Å². The van der Waals surface area contributed by atoms with Crippen LogP contribution in [0, 0.1) is 0 Å². The number of carbonyl (C=O) groups excluding carboxylic acids is 1. The fourth-order valence-electron chi connectivity index (χ4n) is 2.56. The van der Waals surface area contributed by atoms with Crippen LogP contribution in [0.25, 0.3) is 6.08 Å². The Balaban J connectivity index is 0.000000377. The minimum Gasteiger partial charge on any atom is -0.465 e. The van der Waals surface area contributed by atoms with E-state index in [1.807, 2.05) is 36.4 Å². The highest BCUT2D eigenvalue weighted by atomic mass is 32.2. The van der Waals surface area contributed by atoms with Gasteiger partial charge in [-0.05, 0) is 18.9 Å². The van der Waals surface area contributed by atoms with Crippen molar-refractivity contribution in [1.82, 2.24) is 5.32 Å². The number of rotatable bonds is 6. The van der Waals surface area contributed by atoms with Crippen molar-refractivity contribution in [3.8, 4) is 0 Å². The summed E-state index contributed by atoms with van der Waals surface area (Å²) < 4.78 is 28.4. The first-order chi connectivity index (χ1) is 12.7. The Morgan fingerprint density at radius 2 is 1.96 bits per heavy atom. The summed E-state index contributed by atoms with van der Waals surface area (Å²) in [5, 5.41) is 9.99. The van der Waals surface area contributed by atoms with E-state index in [9.17, 15) is 18.0 Å². The first-order valence-corrected chi connectivity index (χ1v) is 10.1. The van der Waals surface area contributed by atoms with Crippen LogP contribution in [0.2, 0.25) is 0 Å². The molecule has 1 aliphatic heterocycles. The summed E-state index contributed by atoms with van der Waals surface area (Å²) in [7, 11) is -3.34. The number of carbonyl (C=O) groups is 2. The Kier molecular flexibility index (Phi) is 8.74. The van der Waals surface area contributed by atoms with Crippen LogP contribution >= 0.6 is 0 Å². The molecule has 0 bridgehead atoms. The zero-order valence-corrected chi connectivity index (χ0v) is 16.1. The van der Waals surface area contributed by atoms with E-state index >= 15 is 0 Å². The molecule has 2 rings (SSSR count). The van der Waals surface area contributed by atoms with Gasteiger partial charge in [0.25, 0.3) is 0 Å². The van der Waals surface area contributed by atoms with Crippen LogP contribution in [0.5, 0.6) is 0 Å². The number of hydrogen-bond donors (Lipinski definition) is 2. The fourth-order valence-corrected chi connectivity index (χ4v) is 4.61. The van der Waals surface area contributed by atoms with Crippen molar-refractivity contribution in [3.05, 3.63) is 54.6 Å². The molecule has 0 saturated carbocycles. The number of carboxylic acid groups (broad SMARTS) is 1. The predicted octanol–water partition coefficient (Wildman–Crippen LogP) is 2.65. The zero-order chi connectivity index (χ0) is 20.4. The first kappa shape index (κ1) is 22.4. The van der Waals surface area contributed by atoms with Gasteiger partial charge in [-0.1, -0.05) is 49.6 Å². The number of nitrogens with one attached hydrogen (secondary N) is 1. The first-order valence-electron chi connectivity index (χ1n) is 8.38. The van der Waals surface area contributed by atoms with Crippen LogP contribution in [0.15, 0.2) is 49.1 Å². The van der Waals surface area contributed by atoms with Gasteiger partial charge in [-0.3, -0.25) is 0 Å². The smallest absolute Gasteiger partial charge is 0.404 e. The molecule has 0 spiro atoms. The van der Waals surface area contributed by atoms with Gasteiger partial charge >= 0.3 is 12.1 Å². The largest absolute Gasteiger partial charge is 0.465 e. The van der Waals surface area contributed by atoms with Gasteiger partial charge in [-0.2, -0.15) is 0 Å². The molecule has 1 heterocycles. The molecule has 2 N–H and O–H groups in total. The normalized spacial score (nSPS) is 19.9. The number of amides is 1. The molecule has 0 radical (unpaired) electrons. The molecule has 8 heteroatoms. The molecule has 2 atom stereocenters. The average molecular weight is 395 g/mol. The zero-order valence-electron chi connectivity index (χ0n) is 15.3. The van der Waals surface area contributed by atoms with Crippen LogP contribution in [0.1, 0.15) is 25.3 Å². The molecule has 2 unspecified atom stereocenters. The van der Waals surface area contributed by atoms with Gasteiger partial charge in [-0.15, -0.1) is 0 Å². The van der Waals surface area contributed by atoms with Gasteiger partial charge in [0.2, 0.25) is 0 Å². The van der Waals surface area contributed by atoms with E-state index < -0.39 is 33.2 Å². The maximum atomic E-state index is 11.8. The third-order valence-electron chi connectivity index (χ3n) is 3.95. The maximum absolute atomic E-state index is 11.8. The molecule has 1 aliphatic rings. The molecule has 1 aromatic rings. The highest BCUT2D eigenvalue weighted by Crippen LogP contribution is 2.23. The minimum absolute atomic E-state index is 0.0585. The molecular formula is C19H25NO6S. The standard InChI is InChI=1S/C11H17NO6S.C8H8/c1-7(2)10(13)18-5-3-9-8(12-11(14)15)4-6-19(9,16)17;1-2-8-6-4-3-5-7-8/h8-9,12H,1,3-6H2,2H3,(H,14,15);2-7H,1H2. The van der Waals surface area contributed by atoms with Gasteiger partial charge in [0.1, 0.15) is 0 Å². The highest BCUT2D eigenvalue weighted by molar-refractivity contribution is 7.92. The van der Waals surface area contributed by atoms with Crippen molar-refractivity contribution in [1.29, 1.82) is 0 Å². The maximum Gasteiger partial charge on any atom is 0.404 e. The summed E-state index contributed by atoms with van der Waals surface area (Å²) in [6.07, 6.45) is 0.895. The van der Waals surface area contributed by atoms with Crippen LogP contribution in [-0.4, -0.2) is 49.2 Å². The Labute approximate surface area is 159 Å². The van der Waals surface area contributed by atoms with Crippen molar-refractivity contribution in [2.45, 2.75) is 31.1 Å². The van der Waals surface area contributed by atoms with Crippen LogP contribution in [-0.2, 0) is 19.4 Å². The molecular weight excluding hydrogens is 370 g/mol. The predicted molar refractivity (Wildman–Crippen MR) is 104 cm³/mol. The topological polar surface area (TPSA) is 110 Å². The number of benzene rings is 1. The molecule has 0 aliphatic carbocycles. The van der Waals surface area contributed by atoms with E-state index in [4.69, 9.17) is 9.84 Å². The van der Waals surface area contributed by atoms with E-state index in [-0.39, 0.29) is 30.8 Å². The van der Waals surface area contributed by atoms with Crippen LogP contribution < -0.4 is 5.32 Å². The number of hydrogen-bond acceptors (Lipinski definition) is 5. The van der Waals surface area contributed by atoms with Crippen molar-refractivity contribution >= 4 is 28.0 Å². The SMILES string of the molecule is C=C(C)C(=O)OCCC1C(NC(=O)O)CCS1(=O)=O.C=Cc1ccccc1. The molecule has 7 nitrogen and oxygen atoms in total. The van der Waals surface area contributed by atoms with Crippen molar-refractivity contribution in [2.24, 2.45) is 0 Å². The second-order valence-electron chi connectivity index (χ2n) is 6.07. The number of esters is 1. The van der Waals surface area contributed by atoms with Crippen LogP contribution in [0.3, 0.4) is 0 Å². The van der Waals surface area contributed by atoms with Gasteiger partial charge in [-0.25, -0.2) is 18.0 Å². The van der Waals surface area contributed by atoms with Crippen molar-refractivity contribution in [2.75, 3.05) is 12.4 Å². The molecule has 0 aromatic heterocycles. The Morgan fingerprint density at radius 3 is 2.44 bits per heavy atom. The lowest BCUT2D eigenvalue weighted by Crippen LogP contribution is -2.41. The lowest BCUT2D eigenvalue weighted by molar-refractivity contribution is -0.139.